The summed E-state index contributed by atoms with van der Waals surface area (Å²) in [5.74, 6) is 0.626. The van der Waals surface area contributed by atoms with Gasteiger partial charge in [-0.05, 0) is 33.6 Å². The summed E-state index contributed by atoms with van der Waals surface area (Å²) in [4.78, 5) is 19.1. The predicted molar refractivity (Wildman–Crippen MR) is 79.7 cm³/mol. The molecule has 0 bridgehead atoms. The van der Waals surface area contributed by atoms with Gasteiger partial charge in [0.25, 0.3) is 0 Å². The van der Waals surface area contributed by atoms with Gasteiger partial charge in [-0.2, -0.15) is 4.98 Å². The highest BCUT2D eigenvalue weighted by molar-refractivity contribution is 5.61. The van der Waals surface area contributed by atoms with E-state index in [9.17, 15) is 10.1 Å². The minimum Gasteiger partial charge on any atom is -0.373 e. The molecule has 0 saturated carbocycles. The van der Waals surface area contributed by atoms with Gasteiger partial charge in [0.15, 0.2) is 0 Å². The summed E-state index contributed by atoms with van der Waals surface area (Å²) in [7, 11) is 0. The third kappa shape index (κ3) is 3.57. The molecule has 1 aromatic rings. The zero-order chi connectivity index (χ0) is 15.5. The topological polar surface area (TPSA) is 102 Å². The van der Waals surface area contributed by atoms with E-state index in [2.05, 4.69) is 20.6 Å². The first kappa shape index (κ1) is 15.4. The van der Waals surface area contributed by atoms with Gasteiger partial charge in [0.05, 0.1) is 10.5 Å². The lowest BCUT2D eigenvalue weighted by molar-refractivity contribution is -0.385. The molecule has 0 aliphatic carbocycles. The van der Waals surface area contributed by atoms with Gasteiger partial charge in [0, 0.05) is 19.7 Å². The van der Waals surface area contributed by atoms with Crippen LogP contribution in [0.3, 0.4) is 0 Å². The maximum atomic E-state index is 11.2. The first-order valence-corrected chi connectivity index (χ1v) is 7.10. The Hall–Kier alpha value is -1.96. The van der Waals surface area contributed by atoms with Crippen LogP contribution >= 0.6 is 0 Å². The maximum Gasteiger partial charge on any atom is 0.332 e. The van der Waals surface area contributed by atoms with E-state index in [0.717, 1.165) is 19.4 Å². The van der Waals surface area contributed by atoms with Gasteiger partial charge in [0.2, 0.25) is 11.8 Å². The van der Waals surface area contributed by atoms with Crippen molar-refractivity contribution in [3.05, 3.63) is 15.8 Å². The molecule has 0 radical (unpaired) electrons. The fraction of sp³-hybridized carbons (Fsp3) is 0.692. The number of aromatic nitrogens is 2. The quantitative estimate of drug-likeness (QED) is 0.612. The van der Waals surface area contributed by atoms with Crippen LogP contribution in [0.5, 0.6) is 0 Å². The Kier molecular flexibility index (Phi) is 4.56. The van der Waals surface area contributed by atoms with Crippen molar-refractivity contribution in [1.82, 2.24) is 9.97 Å². The Labute approximate surface area is 123 Å². The number of hydrogen-bond acceptors (Lipinski definition) is 7. The first-order chi connectivity index (χ1) is 9.95. The van der Waals surface area contributed by atoms with Crippen molar-refractivity contribution < 1.29 is 9.66 Å². The van der Waals surface area contributed by atoms with Crippen molar-refractivity contribution in [3.63, 3.8) is 0 Å². The normalized spacial score (nSPS) is 21.3. The van der Waals surface area contributed by atoms with Gasteiger partial charge in [-0.3, -0.25) is 10.1 Å². The zero-order valence-electron chi connectivity index (χ0n) is 12.6. The summed E-state index contributed by atoms with van der Waals surface area (Å²) in [6, 6.07) is 0. The first-order valence-electron chi connectivity index (χ1n) is 7.10. The molecule has 0 aromatic carbocycles. The fourth-order valence-electron chi connectivity index (χ4n) is 2.39. The number of rotatable bonds is 6. The Morgan fingerprint density at radius 1 is 1.43 bits per heavy atom. The third-order valence-corrected chi connectivity index (χ3v) is 3.51. The molecule has 1 aliphatic rings. The monoisotopic (exact) mass is 295 g/mol. The van der Waals surface area contributed by atoms with E-state index in [1.165, 1.54) is 0 Å². The van der Waals surface area contributed by atoms with E-state index in [0.29, 0.717) is 24.7 Å². The third-order valence-electron chi connectivity index (χ3n) is 3.51. The number of nitro groups is 1. The van der Waals surface area contributed by atoms with Gasteiger partial charge >= 0.3 is 5.69 Å². The van der Waals surface area contributed by atoms with Crippen LogP contribution in [0.4, 0.5) is 17.5 Å². The van der Waals surface area contributed by atoms with Crippen LogP contribution in [0.1, 0.15) is 32.4 Å². The van der Waals surface area contributed by atoms with Crippen LogP contribution in [0.15, 0.2) is 0 Å². The predicted octanol–water partition coefficient (Wildman–Crippen LogP) is 2.11. The molecule has 1 atom stereocenters. The molecule has 1 unspecified atom stereocenters. The van der Waals surface area contributed by atoms with E-state index in [4.69, 9.17) is 4.74 Å². The van der Waals surface area contributed by atoms with E-state index >= 15 is 0 Å². The van der Waals surface area contributed by atoms with Crippen molar-refractivity contribution in [2.24, 2.45) is 0 Å². The summed E-state index contributed by atoms with van der Waals surface area (Å²) in [6.45, 7) is 7.39. The molecule has 0 amide bonds. The Morgan fingerprint density at radius 2 is 2.19 bits per heavy atom. The minimum atomic E-state index is -0.453. The van der Waals surface area contributed by atoms with Gasteiger partial charge in [0.1, 0.15) is 5.69 Å². The number of nitrogens with zero attached hydrogens (tertiary/aromatic N) is 3. The van der Waals surface area contributed by atoms with Crippen molar-refractivity contribution in [2.75, 3.05) is 30.3 Å². The van der Waals surface area contributed by atoms with E-state index in [1.807, 2.05) is 13.8 Å². The molecule has 1 aromatic heterocycles. The smallest absolute Gasteiger partial charge is 0.332 e. The molecule has 2 heterocycles. The van der Waals surface area contributed by atoms with Crippen molar-refractivity contribution >= 4 is 17.5 Å². The van der Waals surface area contributed by atoms with Gasteiger partial charge in [-0.15, -0.1) is 0 Å². The van der Waals surface area contributed by atoms with Crippen molar-refractivity contribution in [3.8, 4) is 0 Å². The van der Waals surface area contributed by atoms with Crippen molar-refractivity contribution in [1.29, 1.82) is 0 Å². The van der Waals surface area contributed by atoms with Crippen LogP contribution in [0, 0.1) is 17.0 Å². The van der Waals surface area contributed by atoms with Crippen molar-refractivity contribution in [2.45, 2.75) is 39.2 Å². The molecule has 1 fully saturated rings. The fourth-order valence-corrected chi connectivity index (χ4v) is 2.39. The molecule has 2 N–H and O–H groups in total. The molecule has 116 valence electrons. The van der Waals surface area contributed by atoms with Crippen LogP contribution in [-0.4, -0.2) is 40.2 Å². The summed E-state index contributed by atoms with van der Waals surface area (Å²) in [5, 5.41) is 17.3. The van der Waals surface area contributed by atoms with Gasteiger partial charge in [-0.25, -0.2) is 4.98 Å². The van der Waals surface area contributed by atoms with Crippen LogP contribution < -0.4 is 10.6 Å². The lowest BCUT2D eigenvalue weighted by atomic mass is 10.0. The molecule has 2 rings (SSSR count). The van der Waals surface area contributed by atoms with Crippen LogP contribution in [0.25, 0.3) is 0 Å². The highest BCUT2D eigenvalue weighted by atomic mass is 16.6. The van der Waals surface area contributed by atoms with E-state index in [-0.39, 0.29) is 17.1 Å². The number of ether oxygens (including phenoxy) is 1. The summed E-state index contributed by atoms with van der Waals surface area (Å²) < 4.78 is 5.68. The lowest BCUT2D eigenvalue weighted by Gasteiger charge is -2.23. The van der Waals surface area contributed by atoms with Crippen LogP contribution in [0.2, 0.25) is 0 Å². The molecule has 8 heteroatoms. The summed E-state index contributed by atoms with van der Waals surface area (Å²) >= 11 is 0. The number of anilines is 2. The number of hydrogen-bond donors (Lipinski definition) is 2. The summed E-state index contributed by atoms with van der Waals surface area (Å²) in [5.41, 5.74) is -0.0466. The highest BCUT2D eigenvalue weighted by Gasteiger charge is 2.31. The Balaban J connectivity index is 2.24. The number of aryl methyl sites for hydroxylation is 1. The molecule has 1 saturated heterocycles. The van der Waals surface area contributed by atoms with Gasteiger partial charge < -0.3 is 15.4 Å². The maximum absolute atomic E-state index is 11.2. The zero-order valence-corrected chi connectivity index (χ0v) is 12.6. The average molecular weight is 295 g/mol. The largest absolute Gasteiger partial charge is 0.373 e. The molecular weight excluding hydrogens is 274 g/mol. The SMILES string of the molecule is CCNc1nc(C)c([N+](=O)[O-])c(NCC2(C)CCCO2)n1. The highest BCUT2D eigenvalue weighted by Crippen LogP contribution is 2.29. The van der Waals surface area contributed by atoms with Gasteiger partial charge in [-0.1, -0.05) is 0 Å². The molecule has 0 spiro atoms. The minimum absolute atomic E-state index is 0.0850. The lowest BCUT2D eigenvalue weighted by Crippen LogP contribution is -2.33. The summed E-state index contributed by atoms with van der Waals surface area (Å²) in [6.07, 6.45) is 1.93. The average Bonchev–Trinajstić information content (AvgIpc) is 2.83. The second-order valence-electron chi connectivity index (χ2n) is 5.37. The number of nitrogens with one attached hydrogen (secondary N) is 2. The molecular formula is C13H21N5O3. The molecule has 1 aliphatic heterocycles. The van der Waals surface area contributed by atoms with E-state index in [1.54, 1.807) is 6.92 Å². The Morgan fingerprint density at radius 3 is 2.76 bits per heavy atom. The molecule has 21 heavy (non-hydrogen) atoms. The van der Waals surface area contributed by atoms with Crippen LogP contribution in [-0.2, 0) is 4.74 Å². The Bertz CT molecular complexity index is 529. The molecule has 8 nitrogen and oxygen atoms in total. The van der Waals surface area contributed by atoms with E-state index < -0.39 is 4.92 Å². The standard InChI is InChI=1S/C13H21N5O3/c1-4-14-12-16-9(2)10(18(19)20)11(17-12)15-8-13(3)6-5-7-21-13/h4-8H2,1-3H3,(H2,14,15,16,17). The second kappa shape index (κ2) is 6.21. The second-order valence-corrected chi connectivity index (χ2v) is 5.37.